The summed E-state index contributed by atoms with van der Waals surface area (Å²) in [7, 11) is 3.30. The van der Waals surface area contributed by atoms with Crippen LogP contribution in [-0.4, -0.2) is 131 Å². The first-order valence-electron chi connectivity index (χ1n) is 20.1. The molecule has 9 atom stereocenters. The second kappa shape index (κ2) is 15.7. The van der Waals surface area contributed by atoms with Gasteiger partial charge in [-0.05, 0) is 77.0 Å². The normalized spacial score (nSPS) is 30.5. The van der Waals surface area contributed by atoms with Gasteiger partial charge in [0.1, 0.15) is 41.5 Å². The summed E-state index contributed by atoms with van der Waals surface area (Å²) in [6.07, 6.45) is 2.06. The van der Waals surface area contributed by atoms with Crippen LogP contribution >= 0.6 is 0 Å². The molecule has 57 heavy (non-hydrogen) atoms. The predicted molar refractivity (Wildman–Crippen MR) is 201 cm³/mol. The molecule has 312 valence electrons. The number of ether oxygens (including phenoxy) is 4. The minimum atomic E-state index is -1.64. The molecule has 3 saturated heterocycles. The molecule has 16 nitrogen and oxygen atoms in total. The molecular weight excluding hydrogens is 740 g/mol. The summed E-state index contributed by atoms with van der Waals surface area (Å²) in [4.78, 5) is 76.0. The number of hydroxylamine groups is 2. The van der Waals surface area contributed by atoms with Crippen LogP contribution in [0.2, 0.25) is 0 Å². The summed E-state index contributed by atoms with van der Waals surface area (Å²) in [5.41, 5.74) is -0.946. The number of nitrogens with one attached hydrogen (secondary N) is 2. The van der Waals surface area contributed by atoms with E-state index in [9.17, 15) is 29.4 Å². The minimum Gasteiger partial charge on any atom is -0.460 e. The molecule has 1 aromatic rings. The van der Waals surface area contributed by atoms with Gasteiger partial charge in [0.15, 0.2) is 11.8 Å². The van der Waals surface area contributed by atoms with Crippen molar-refractivity contribution in [2.45, 2.75) is 139 Å². The zero-order valence-electron chi connectivity index (χ0n) is 33.5. The molecule has 0 radical (unpaired) electrons. The van der Waals surface area contributed by atoms with E-state index in [1.807, 2.05) is 24.3 Å². The van der Waals surface area contributed by atoms with E-state index >= 15 is 4.79 Å². The Morgan fingerprint density at radius 1 is 1.05 bits per heavy atom. The van der Waals surface area contributed by atoms with Crippen LogP contribution in [0.1, 0.15) is 83.8 Å². The van der Waals surface area contributed by atoms with E-state index in [1.54, 1.807) is 40.9 Å². The van der Waals surface area contributed by atoms with Gasteiger partial charge in [-0.2, -0.15) is 5.06 Å². The maximum Gasteiger partial charge on any atom is 0.327 e. The number of aliphatic hydroxyl groups is 2. The largest absolute Gasteiger partial charge is 0.460 e. The summed E-state index contributed by atoms with van der Waals surface area (Å²) in [5.74, 6) is -3.44. The van der Waals surface area contributed by atoms with E-state index in [-0.39, 0.29) is 43.6 Å². The Kier molecular flexibility index (Phi) is 11.3. The van der Waals surface area contributed by atoms with Gasteiger partial charge in [0.25, 0.3) is 0 Å². The first-order chi connectivity index (χ1) is 27.0. The third kappa shape index (κ3) is 8.08. The van der Waals surface area contributed by atoms with Crippen LogP contribution in [0.25, 0.3) is 6.08 Å². The molecule has 3 aliphatic carbocycles. The Labute approximate surface area is 332 Å². The summed E-state index contributed by atoms with van der Waals surface area (Å²) >= 11 is 0. The Morgan fingerprint density at radius 3 is 2.33 bits per heavy atom. The fraction of sp³-hybridized carbons (Fsp3) is 0.683. The molecule has 7 rings (SSSR count). The molecule has 6 aliphatic rings. The number of amides is 3. The van der Waals surface area contributed by atoms with Crippen LogP contribution in [0.4, 0.5) is 0 Å². The molecule has 3 saturated carbocycles. The van der Waals surface area contributed by atoms with E-state index in [0.29, 0.717) is 11.1 Å². The van der Waals surface area contributed by atoms with Gasteiger partial charge in [-0.3, -0.25) is 28.8 Å². The van der Waals surface area contributed by atoms with Gasteiger partial charge in [0, 0.05) is 44.8 Å². The molecule has 3 heterocycles. The molecule has 1 aromatic carbocycles. The van der Waals surface area contributed by atoms with Crippen molar-refractivity contribution in [1.29, 1.82) is 0 Å². The number of nitrogens with zero attached hydrogens (tertiary/aromatic N) is 2. The van der Waals surface area contributed by atoms with Gasteiger partial charge in [0.2, 0.25) is 17.7 Å². The number of benzene rings is 1. The van der Waals surface area contributed by atoms with Crippen molar-refractivity contribution < 1.29 is 58.0 Å². The zero-order chi connectivity index (χ0) is 41.0. The topological polar surface area (TPSA) is 202 Å². The predicted octanol–water partition coefficient (Wildman–Crippen LogP) is 1.35. The second-order valence-electron chi connectivity index (χ2n) is 17.6. The quantitative estimate of drug-likeness (QED) is 0.147. The third-order valence-corrected chi connectivity index (χ3v) is 11.9. The Bertz CT molecular complexity index is 1760. The number of likely N-dealkylation sites (N-methyl/N-ethyl adjacent to an activating group) is 1. The van der Waals surface area contributed by atoms with Crippen LogP contribution < -0.4 is 10.6 Å². The van der Waals surface area contributed by atoms with Gasteiger partial charge in [-0.25, -0.2) is 0 Å². The molecule has 16 heteroatoms. The highest BCUT2D eigenvalue weighted by Crippen LogP contribution is 2.63. The monoisotopic (exact) mass is 796 g/mol. The highest BCUT2D eigenvalue weighted by atomic mass is 16.8. The highest BCUT2D eigenvalue weighted by molar-refractivity contribution is 5.96. The first-order valence-corrected chi connectivity index (χ1v) is 20.1. The van der Waals surface area contributed by atoms with Crippen LogP contribution in [-0.2, 0) is 54.3 Å². The standard InChI is InChI=1S/C41H56N4O12/c1-22(47)31(36(50)42-27(21-46)16-18-30(49)54-39(2,3)4)43-38(52)40-19-28-32-33(56-41(55-32,25-12-13-25)26-14-15-26)35(40)57-45(34(40)37(51)53-28)20-24-10-8-7-9-23(24)11-17-29(48)44(5)6/h7-11,17,22,25-28,31-35,46-47H,12-16,18-21H2,1-6H3,(H,42,50)(H,43,52)/t22-,27-,28+,31+,32-,33-,34-,35+,40-/m0/s1. The molecule has 6 fully saturated rings. The minimum absolute atomic E-state index is 0.00847. The van der Waals surface area contributed by atoms with E-state index < -0.39 is 95.8 Å². The van der Waals surface area contributed by atoms with Crippen molar-refractivity contribution in [2.24, 2.45) is 17.3 Å². The van der Waals surface area contributed by atoms with Crippen molar-refractivity contribution in [1.82, 2.24) is 20.6 Å². The van der Waals surface area contributed by atoms with Gasteiger partial charge >= 0.3 is 11.9 Å². The number of esters is 2. The Morgan fingerprint density at radius 2 is 1.72 bits per heavy atom. The highest BCUT2D eigenvalue weighted by Gasteiger charge is 2.78. The lowest BCUT2D eigenvalue weighted by atomic mass is 9.62. The van der Waals surface area contributed by atoms with Crippen LogP contribution in [0.5, 0.6) is 0 Å². The van der Waals surface area contributed by atoms with Gasteiger partial charge in [-0.1, -0.05) is 24.3 Å². The summed E-state index contributed by atoms with van der Waals surface area (Å²) in [6.45, 7) is 6.07. The molecule has 0 unspecified atom stereocenters. The molecular formula is C41H56N4O12. The lowest BCUT2D eigenvalue weighted by Gasteiger charge is -2.49. The van der Waals surface area contributed by atoms with Crippen molar-refractivity contribution in [2.75, 3.05) is 20.7 Å². The molecule has 3 amide bonds. The summed E-state index contributed by atoms with van der Waals surface area (Å²) in [6, 6.07) is 3.64. The molecule has 0 spiro atoms. The van der Waals surface area contributed by atoms with E-state index in [0.717, 1.165) is 25.7 Å². The third-order valence-electron chi connectivity index (χ3n) is 11.9. The van der Waals surface area contributed by atoms with Gasteiger partial charge in [-0.15, -0.1) is 0 Å². The van der Waals surface area contributed by atoms with Crippen molar-refractivity contribution in [3.63, 3.8) is 0 Å². The van der Waals surface area contributed by atoms with Crippen LogP contribution in [0.3, 0.4) is 0 Å². The maximum absolute atomic E-state index is 15.0. The maximum atomic E-state index is 15.0. The molecule has 3 aliphatic heterocycles. The Balaban J connectivity index is 1.18. The number of carbonyl (C=O) groups excluding carboxylic acids is 5. The Hall–Kier alpha value is -3.93. The summed E-state index contributed by atoms with van der Waals surface area (Å²) in [5, 5.41) is 27.8. The number of rotatable bonds is 15. The second-order valence-corrected chi connectivity index (χ2v) is 17.6. The van der Waals surface area contributed by atoms with E-state index in [4.69, 9.17) is 23.8 Å². The molecule has 0 aromatic heterocycles. The number of carbonyl (C=O) groups is 5. The van der Waals surface area contributed by atoms with E-state index in [1.165, 1.54) is 23.0 Å². The lowest BCUT2D eigenvalue weighted by Crippen LogP contribution is -2.71. The number of aliphatic hydroxyl groups excluding tert-OH is 2. The fourth-order valence-corrected chi connectivity index (χ4v) is 8.85. The molecule has 4 N–H and O–H groups in total. The number of hydrogen-bond donors (Lipinski definition) is 4. The average molecular weight is 797 g/mol. The first kappa shape index (κ1) is 41.2. The lowest BCUT2D eigenvalue weighted by molar-refractivity contribution is -0.235. The van der Waals surface area contributed by atoms with Crippen molar-refractivity contribution >= 4 is 35.7 Å². The number of fused-ring (bicyclic) bond motifs is 4. The zero-order valence-corrected chi connectivity index (χ0v) is 33.5. The van der Waals surface area contributed by atoms with Crippen LogP contribution in [0, 0.1) is 17.3 Å². The van der Waals surface area contributed by atoms with Crippen molar-refractivity contribution in [3.8, 4) is 0 Å². The molecule has 2 bridgehead atoms. The average Bonchev–Trinajstić information content (AvgIpc) is 4.09. The number of hydrogen-bond acceptors (Lipinski definition) is 13. The summed E-state index contributed by atoms with van der Waals surface area (Å²) < 4.78 is 25.2. The van der Waals surface area contributed by atoms with Gasteiger partial charge in [0.05, 0.1) is 25.3 Å². The fourth-order valence-electron chi connectivity index (χ4n) is 8.85. The SMILES string of the molecule is C[C@H](O)[C@@H](NC(=O)[C@@]12C[C@H]3OC(=O)[C@@H]1N(Cc1ccccc1C=CC(=O)N(C)C)O[C@@H]2[C@H]1OC(C2CC2)(C2CC2)O[C@H]13)C(=O)N[C@H](CO)CCC(=O)OC(C)(C)C. The van der Waals surface area contributed by atoms with E-state index in [2.05, 4.69) is 10.6 Å². The van der Waals surface area contributed by atoms with Crippen LogP contribution in [0.15, 0.2) is 30.3 Å². The smallest absolute Gasteiger partial charge is 0.327 e. The van der Waals surface area contributed by atoms with Gasteiger partial charge < -0.3 is 44.7 Å². The van der Waals surface area contributed by atoms with Crippen molar-refractivity contribution in [3.05, 3.63) is 41.5 Å².